The van der Waals surface area contributed by atoms with Crippen LogP contribution in [0.1, 0.15) is 11.6 Å². The number of nitrogens with one attached hydrogen (secondary N) is 2. The Morgan fingerprint density at radius 3 is 2.79 bits per heavy atom. The largest absolute Gasteiger partial charge is 0.379 e. The molecule has 0 aliphatic carbocycles. The summed E-state index contributed by atoms with van der Waals surface area (Å²) in [5, 5.41) is 12.7. The third kappa shape index (κ3) is 4.19. The Morgan fingerprint density at radius 2 is 2.12 bits per heavy atom. The van der Waals surface area contributed by atoms with Crippen LogP contribution in [0.2, 0.25) is 0 Å². The molecule has 2 N–H and O–H groups in total. The number of amides is 2. The van der Waals surface area contributed by atoms with E-state index in [1.54, 1.807) is 11.3 Å². The fourth-order valence-electron chi connectivity index (χ4n) is 2.53. The molecule has 3 heterocycles. The van der Waals surface area contributed by atoms with Crippen LogP contribution in [0.15, 0.2) is 33.7 Å². The summed E-state index contributed by atoms with van der Waals surface area (Å²) in [4.78, 5) is 26.1. The van der Waals surface area contributed by atoms with Gasteiger partial charge in [0.1, 0.15) is 6.26 Å². The van der Waals surface area contributed by atoms with Gasteiger partial charge >= 0.3 is 11.8 Å². The molecule has 1 unspecified atom stereocenters. The highest BCUT2D eigenvalue weighted by Crippen LogP contribution is 2.23. The van der Waals surface area contributed by atoms with E-state index in [-0.39, 0.29) is 11.9 Å². The van der Waals surface area contributed by atoms with E-state index in [2.05, 4.69) is 30.6 Å². The maximum Gasteiger partial charge on any atom is 0.314 e. The monoisotopic (exact) mass is 350 g/mol. The first-order valence-electron chi connectivity index (χ1n) is 7.57. The van der Waals surface area contributed by atoms with Gasteiger partial charge in [0, 0.05) is 25.7 Å². The van der Waals surface area contributed by atoms with E-state index in [9.17, 15) is 9.59 Å². The Morgan fingerprint density at radius 1 is 1.29 bits per heavy atom. The predicted molar refractivity (Wildman–Crippen MR) is 87.6 cm³/mol. The van der Waals surface area contributed by atoms with Crippen LogP contribution >= 0.6 is 11.3 Å². The average molecular weight is 350 g/mol. The molecule has 0 aromatic carbocycles. The first-order valence-corrected chi connectivity index (χ1v) is 8.52. The summed E-state index contributed by atoms with van der Waals surface area (Å²) in [5.41, 5.74) is 1.12. The maximum absolute atomic E-state index is 12.0. The number of aromatic nitrogens is 1. The summed E-state index contributed by atoms with van der Waals surface area (Å²) in [7, 11) is 0. The summed E-state index contributed by atoms with van der Waals surface area (Å²) in [5.74, 6) is -1.26. The van der Waals surface area contributed by atoms with E-state index in [0.29, 0.717) is 19.8 Å². The van der Waals surface area contributed by atoms with Crippen molar-refractivity contribution in [2.75, 3.05) is 38.2 Å². The molecule has 24 heavy (non-hydrogen) atoms. The Labute approximate surface area is 142 Å². The second-order valence-corrected chi connectivity index (χ2v) is 6.05. The second-order valence-electron chi connectivity index (χ2n) is 5.27. The fourth-order valence-corrected chi connectivity index (χ4v) is 3.24. The number of hydrogen-bond donors (Lipinski definition) is 2. The van der Waals surface area contributed by atoms with E-state index >= 15 is 0 Å². The van der Waals surface area contributed by atoms with Crippen molar-refractivity contribution in [2.24, 2.45) is 0 Å². The molecular formula is C15H18N4O4S. The van der Waals surface area contributed by atoms with Crippen molar-refractivity contribution in [3.63, 3.8) is 0 Å². The number of nitrogens with zero attached hydrogens (tertiary/aromatic N) is 2. The van der Waals surface area contributed by atoms with Crippen LogP contribution in [-0.4, -0.2) is 54.7 Å². The van der Waals surface area contributed by atoms with Gasteiger partial charge in [-0.05, 0) is 22.4 Å². The standard InChI is InChI=1S/C15H18N4O4S/c20-14(15(21)17-13-1-5-23-18-13)16-9-12(11-2-8-24-10-11)19-3-6-22-7-4-19/h1-2,5,8,10,12H,3-4,6-7,9H2,(H,16,20)(H,17,18,21). The molecule has 1 aliphatic rings. The molecule has 0 saturated carbocycles. The van der Waals surface area contributed by atoms with Gasteiger partial charge in [0.05, 0.1) is 19.3 Å². The highest BCUT2D eigenvalue weighted by atomic mass is 32.1. The summed E-state index contributed by atoms with van der Waals surface area (Å²) in [6.07, 6.45) is 1.32. The fraction of sp³-hybridized carbons (Fsp3) is 0.400. The topological polar surface area (TPSA) is 96.7 Å². The van der Waals surface area contributed by atoms with Crippen LogP contribution in [0.25, 0.3) is 0 Å². The molecule has 1 atom stereocenters. The molecule has 0 radical (unpaired) electrons. The molecule has 0 spiro atoms. The quantitative estimate of drug-likeness (QED) is 0.777. The van der Waals surface area contributed by atoms with Gasteiger partial charge in [-0.15, -0.1) is 0 Å². The smallest absolute Gasteiger partial charge is 0.314 e. The van der Waals surface area contributed by atoms with Gasteiger partial charge in [-0.1, -0.05) is 5.16 Å². The van der Waals surface area contributed by atoms with Gasteiger partial charge in [-0.3, -0.25) is 19.8 Å². The van der Waals surface area contributed by atoms with Crippen LogP contribution in [0, 0.1) is 0 Å². The minimum atomic E-state index is -0.769. The molecule has 2 aromatic rings. The second kappa shape index (κ2) is 8.04. The zero-order chi connectivity index (χ0) is 16.8. The number of thiophene rings is 1. The van der Waals surface area contributed by atoms with Gasteiger partial charge in [0.25, 0.3) is 0 Å². The van der Waals surface area contributed by atoms with E-state index in [4.69, 9.17) is 4.74 Å². The lowest BCUT2D eigenvalue weighted by Gasteiger charge is -2.34. The molecule has 1 fully saturated rings. The summed E-state index contributed by atoms with van der Waals surface area (Å²) < 4.78 is 9.99. The molecule has 9 heteroatoms. The van der Waals surface area contributed by atoms with Crippen molar-refractivity contribution in [1.29, 1.82) is 0 Å². The summed E-state index contributed by atoms with van der Waals surface area (Å²) >= 11 is 1.61. The Hall–Kier alpha value is -2.23. The van der Waals surface area contributed by atoms with Crippen LogP contribution in [0.4, 0.5) is 5.82 Å². The maximum atomic E-state index is 12.0. The number of morpholine rings is 1. The molecule has 2 aromatic heterocycles. The molecule has 8 nitrogen and oxygen atoms in total. The number of carbonyl (C=O) groups excluding carboxylic acids is 2. The van der Waals surface area contributed by atoms with Crippen molar-refractivity contribution < 1.29 is 18.8 Å². The van der Waals surface area contributed by atoms with E-state index < -0.39 is 11.8 Å². The number of hydrogen-bond acceptors (Lipinski definition) is 7. The summed E-state index contributed by atoms with van der Waals surface area (Å²) in [6.45, 7) is 3.27. The van der Waals surface area contributed by atoms with Crippen molar-refractivity contribution in [2.45, 2.75) is 6.04 Å². The molecule has 3 rings (SSSR count). The van der Waals surface area contributed by atoms with Crippen molar-refractivity contribution in [3.05, 3.63) is 34.7 Å². The first kappa shape index (κ1) is 16.6. The minimum Gasteiger partial charge on any atom is -0.379 e. The SMILES string of the molecule is O=C(NCC(c1ccsc1)N1CCOCC1)C(=O)Nc1ccon1. The summed E-state index contributed by atoms with van der Waals surface area (Å²) in [6, 6.07) is 3.52. The van der Waals surface area contributed by atoms with Crippen molar-refractivity contribution in [1.82, 2.24) is 15.4 Å². The zero-order valence-corrected chi connectivity index (χ0v) is 13.8. The lowest BCUT2D eigenvalue weighted by Crippen LogP contribution is -2.45. The molecule has 1 saturated heterocycles. The van der Waals surface area contributed by atoms with Gasteiger partial charge in [0.15, 0.2) is 5.82 Å². The minimum absolute atomic E-state index is 0.0175. The van der Waals surface area contributed by atoms with Crippen molar-refractivity contribution >= 4 is 29.0 Å². The Bertz CT molecular complexity index is 653. The lowest BCUT2D eigenvalue weighted by atomic mass is 10.1. The van der Waals surface area contributed by atoms with E-state index in [0.717, 1.165) is 18.7 Å². The third-order valence-electron chi connectivity index (χ3n) is 3.76. The number of ether oxygens (including phenoxy) is 1. The van der Waals surface area contributed by atoms with Crippen LogP contribution in [0.5, 0.6) is 0 Å². The van der Waals surface area contributed by atoms with Crippen LogP contribution in [-0.2, 0) is 14.3 Å². The van der Waals surface area contributed by atoms with E-state index in [1.165, 1.54) is 12.3 Å². The Kier molecular flexibility index (Phi) is 5.57. The number of carbonyl (C=O) groups is 2. The van der Waals surface area contributed by atoms with Crippen LogP contribution < -0.4 is 10.6 Å². The van der Waals surface area contributed by atoms with Gasteiger partial charge in [0.2, 0.25) is 0 Å². The highest BCUT2D eigenvalue weighted by molar-refractivity contribution is 7.07. The Balaban J connectivity index is 1.58. The zero-order valence-electron chi connectivity index (χ0n) is 12.9. The van der Waals surface area contributed by atoms with Crippen molar-refractivity contribution in [3.8, 4) is 0 Å². The van der Waals surface area contributed by atoms with Gasteiger partial charge in [-0.2, -0.15) is 11.3 Å². The average Bonchev–Trinajstić information content (AvgIpc) is 3.30. The highest BCUT2D eigenvalue weighted by Gasteiger charge is 2.24. The molecule has 0 bridgehead atoms. The molecule has 2 amide bonds. The lowest BCUT2D eigenvalue weighted by molar-refractivity contribution is -0.136. The molecule has 128 valence electrons. The van der Waals surface area contributed by atoms with Crippen LogP contribution in [0.3, 0.4) is 0 Å². The van der Waals surface area contributed by atoms with Gasteiger partial charge < -0.3 is 14.6 Å². The van der Waals surface area contributed by atoms with E-state index in [1.807, 2.05) is 11.4 Å². The molecular weight excluding hydrogens is 332 g/mol. The normalized spacial score (nSPS) is 16.5. The van der Waals surface area contributed by atoms with Gasteiger partial charge in [-0.25, -0.2) is 0 Å². The predicted octanol–water partition coefficient (Wildman–Crippen LogP) is 0.864. The number of rotatable bonds is 5. The third-order valence-corrected chi connectivity index (χ3v) is 4.46. The molecule has 1 aliphatic heterocycles. The number of anilines is 1. The first-order chi connectivity index (χ1) is 11.7.